The molecule has 7 nitrogen and oxygen atoms in total. The number of benzene rings is 2. The van der Waals surface area contributed by atoms with Gasteiger partial charge in [0, 0.05) is 49.5 Å². The molecule has 0 saturated carbocycles. The van der Waals surface area contributed by atoms with E-state index in [9.17, 15) is 10.0 Å². The Labute approximate surface area is 218 Å². The van der Waals surface area contributed by atoms with Gasteiger partial charge in [-0.1, -0.05) is 42.5 Å². The average molecular weight is 498 g/mol. The standard InChI is InChI=1S/C30H35N5O2/c36-30(34-16-6-9-27(34)22-32-14-4-5-15-32)25-12-10-24(11-13-25)26-19-28-29(31-20-26)35(37)18-17-33(28)21-23-7-2-1-3-8-23/h1-3,7-8,10-13,19-20,27,37H,4-6,9,14-18,21-22H2. The Bertz CT molecular complexity index is 1230. The topological polar surface area (TPSA) is 63.2 Å². The number of carbonyl (C=O) groups is 1. The predicted octanol–water partition coefficient (Wildman–Crippen LogP) is 4.66. The first kappa shape index (κ1) is 23.9. The molecular formula is C30H35N5O2. The lowest BCUT2D eigenvalue weighted by molar-refractivity contribution is 0.0709. The Hall–Kier alpha value is -3.42. The van der Waals surface area contributed by atoms with E-state index in [0.29, 0.717) is 24.9 Å². The SMILES string of the molecule is O=C(c1ccc(-c2cnc3c(c2)N(Cc2ccccc2)CCN3O)cc1)N1CCCC1CN1CCCC1. The van der Waals surface area contributed by atoms with Gasteiger partial charge in [0.25, 0.3) is 5.91 Å². The van der Waals surface area contributed by atoms with E-state index in [1.165, 1.54) is 36.6 Å². The molecule has 3 aromatic rings. The van der Waals surface area contributed by atoms with E-state index >= 15 is 0 Å². The van der Waals surface area contributed by atoms with Crippen LogP contribution in [0.25, 0.3) is 11.1 Å². The minimum Gasteiger partial charge on any atom is -0.362 e. The Morgan fingerprint density at radius 1 is 0.892 bits per heavy atom. The van der Waals surface area contributed by atoms with Gasteiger partial charge < -0.3 is 14.7 Å². The molecule has 37 heavy (non-hydrogen) atoms. The molecule has 6 rings (SSSR count). The fraction of sp³-hybridized carbons (Fsp3) is 0.400. The van der Waals surface area contributed by atoms with E-state index in [2.05, 4.69) is 37.9 Å². The predicted molar refractivity (Wildman–Crippen MR) is 146 cm³/mol. The maximum Gasteiger partial charge on any atom is 0.254 e. The van der Waals surface area contributed by atoms with Crippen LogP contribution < -0.4 is 9.96 Å². The molecule has 0 spiro atoms. The monoisotopic (exact) mass is 497 g/mol. The number of aromatic nitrogens is 1. The Morgan fingerprint density at radius 2 is 1.68 bits per heavy atom. The number of hydrogen-bond acceptors (Lipinski definition) is 6. The van der Waals surface area contributed by atoms with Crippen LogP contribution in [0.15, 0.2) is 66.9 Å². The Balaban J connectivity index is 1.20. The summed E-state index contributed by atoms with van der Waals surface area (Å²) in [5.41, 5.74) is 4.86. The normalized spacial score (nSPS) is 19.9. The second-order valence-electron chi connectivity index (χ2n) is 10.5. The molecule has 2 fully saturated rings. The first-order chi connectivity index (χ1) is 18.2. The third-order valence-corrected chi connectivity index (χ3v) is 8.00. The lowest BCUT2D eigenvalue weighted by Crippen LogP contribution is -2.42. The lowest BCUT2D eigenvalue weighted by atomic mass is 10.0. The van der Waals surface area contributed by atoms with E-state index in [0.717, 1.165) is 54.9 Å². The van der Waals surface area contributed by atoms with Crippen LogP contribution in [0.4, 0.5) is 11.5 Å². The molecule has 3 aliphatic heterocycles. The Morgan fingerprint density at radius 3 is 2.46 bits per heavy atom. The second kappa shape index (κ2) is 10.5. The number of likely N-dealkylation sites (tertiary alicyclic amines) is 2. The van der Waals surface area contributed by atoms with Crippen molar-refractivity contribution in [2.24, 2.45) is 0 Å². The van der Waals surface area contributed by atoms with E-state index < -0.39 is 0 Å². The van der Waals surface area contributed by atoms with Crippen LogP contribution >= 0.6 is 0 Å². The number of nitrogens with zero attached hydrogens (tertiary/aromatic N) is 5. The van der Waals surface area contributed by atoms with E-state index in [1.54, 1.807) is 6.20 Å². The van der Waals surface area contributed by atoms with Crippen LogP contribution in [0, 0.1) is 0 Å². The second-order valence-corrected chi connectivity index (χ2v) is 10.5. The summed E-state index contributed by atoms with van der Waals surface area (Å²) in [4.78, 5) is 24.8. The van der Waals surface area contributed by atoms with Gasteiger partial charge >= 0.3 is 0 Å². The number of hydroxylamine groups is 1. The number of fused-ring (bicyclic) bond motifs is 1. The molecule has 0 aliphatic carbocycles. The lowest BCUT2D eigenvalue weighted by Gasteiger charge is -2.35. The molecule has 2 aromatic carbocycles. The number of rotatable bonds is 6. The maximum absolute atomic E-state index is 13.4. The van der Waals surface area contributed by atoms with E-state index in [1.807, 2.05) is 42.5 Å². The van der Waals surface area contributed by atoms with Gasteiger partial charge in [0.05, 0.1) is 12.2 Å². The van der Waals surface area contributed by atoms with Gasteiger partial charge in [-0.2, -0.15) is 0 Å². The molecule has 0 bridgehead atoms. The van der Waals surface area contributed by atoms with Crippen molar-refractivity contribution >= 4 is 17.4 Å². The molecule has 7 heteroatoms. The molecule has 3 aliphatic rings. The van der Waals surface area contributed by atoms with E-state index in [-0.39, 0.29) is 5.91 Å². The molecular weight excluding hydrogens is 462 g/mol. The summed E-state index contributed by atoms with van der Waals surface area (Å²) in [6, 6.07) is 20.7. The number of pyridine rings is 1. The highest BCUT2D eigenvalue weighted by molar-refractivity contribution is 5.95. The minimum absolute atomic E-state index is 0.141. The van der Waals surface area contributed by atoms with Gasteiger partial charge in [-0.25, -0.2) is 10.0 Å². The van der Waals surface area contributed by atoms with Crippen molar-refractivity contribution in [2.45, 2.75) is 38.3 Å². The summed E-state index contributed by atoms with van der Waals surface area (Å²) in [5, 5.41) is 11.7. The number of amides is 1. The highest BCUT2D eigenvalue weighted by atomic mass is 16.5. The summed E-state index contributed by atoms with van der Waals surface area (Å²) in [7, 11) is 0. The summed E-state index contributed by atoms with van der Waals surface area (Å²) in [5.74, 6) is 0.720. The van der Waals surface area contributed by atoms with Gasteiger partial charge in [0.2, 0.25) is 0 Å². The fourth-order valence-corrected chi connectivity index (χ4v) is 5.97. The van der Waals surface area contributed by atoms with Crippen molar-refractivity contribution in [3.63, 3.8) is 0 Å². The minimum atomic E-state index is 0.141. The number of hydrogen-bond donors (Lipinski definition) is 1. The molecule has 0 radical (unpaired) electrons. The fourth-order valence-electron chi connectivity index (χ4n) is 5.97. The molecule has 192 valence electrons. The van der Waals surface area contributed by atoms with Gasteiger partial charge in [-0.05, 0) is 68.1 Å². The van der Waals surface area contributed by atoms with Crippen LogP contribution in [0.2, 0.25) is 0 Å². The first-order valence-corrected chi connectivity index (χ1v) is 13.5. The van der Waals surface area contributed by atoms with Crippen LogP contribution in [-0.4, -0.2) is 71.2 Å². The highest BCUT2D eigenvalue weighted by Crippen LogP contribution is 2.35. The molecule has 1 N–H and O–H groups in total. The quantitative estimate of drug-likeness (QED) is 0.534. The first-order valence-electron chi connectivity index (χ1n) is 13.5. The number of carbonyl (C=O) groups excluding carboxylic acids is 1. The molecule has 1 amide bonds. The smallest absolute Gasteiger partial charge is 0.254 e. The molecule has 1 unspecified atom stereocenters. The van der Waals surface area contributed by atoms with Crippen molar-refractivity contribution in [3.8, 4) is 11.1 Å². The third-order valence-electron chi connectivity index (χ3n) is 8.00. The maximum atomic E-state index is 13.4. The van der Waals surface area contributed by atoms with Crippen molar-refractivity contribution in [1.29, 1.82) is 0 Å². The van der Waals surface area contributed by atoms with Gasteiger partial charge in [-0.3, -0.25) is 10.0 Å². The summed E-state index contributed by atoms with van der Waals surface area (Å²) < 4.78 is 0. The van der Waals surface area contributed by atoms with E-state index in [4.69, 9.17) is 0 Å². The molecule has 2 saturated heterocycles. The number of anilines is 2. The summed E-state index contributed by atoms with van der Waals surface area (Å²) >= 11 is 0. The third kappa shape index (κ3) is 5.06. The van der Waals surface area contributed by atoms with Crippen molar-refractivity contribution in [3.05, 3.63) is 78.0 Å². The zero-order valence-electron chi connectivity index (χ0n) is 21.3. The highest BCUT2D eigenvalue weighted by Gasteiger charge is 2.31. The van der Waals surface area contributed by atoms with Crippen LogP contribution in [0.5, 0.6) is 0 Å². The molecule has 1 aromatic heterocycles. The van der Waals surface area contributed by atoms with Gasteiger partial charge in [0.1, 0.15) is 0 Å². The average Bonchev–Trinajstić information content (AvgIpc) is 3.63. The summed E-state index contributed by atoms with van der Waals surface area (Å²) in [6.45, 7) is 6.17. The van der Waals surface area contributed by atoms with Gasteiger partial charge in [0.15, 0.2) is 5.82 Å². The van der Waals surface area contributed by atoms with Crippen LogP contribution in [0.1, 0.15) is 41.6 Å². The summed E-state index contributed by atoms with van der Waals surface area (Å²) in [6.07, 6.45) is 6.55. The Kier molecular flexibility index (Phi) is 6.81. The largest absolute Gasteiger partial charge is 0.362 e. The van der Waals surface area contributed by atoms with Crippen LogP contribution in [-0.2, 0) is 6.54 Å². The zero-order valence-corrected chi connectivity index (χ0v) is 21.3. The zero-order chi connectivity index (χ0) is 25.2. The molecule has 4 heterocycles. The van der Waals surface area contributed by atoms with Crippen molar-refractivity contribution < 1.29 is 10.0 Å². The van der Waals surface area contributed by atoms with Crippen molar-refractivity contribution in [2.75, 3.05) is 49.2 Å². The van der Waals surface area contributed by atoms with Crippen molar-refractivity contribution in [1.82, 2.24) is 14.8 Å². The van der Waals surface area contributed by atoms with Crippen LogP contribution in [0.3, 0.4) is 0 Å². The van der Waals surface area contributed by atoms with Gasteiger partial charge in [-0.15, -0.1) is 0 Å². The molecule has 1 atom stereocenters.